The Bertz CT molecular complexity index is 880. The maximum absolute atomic E-state index is 14.8. The fourth-order valence-corrected chi connectivity index (χ4v) is 3.73. The summed E-state index contributed by atoms with van der Waals surface area (Å²) in [5, 5.41) is 5.75. The third-order valence-corrected chi connectivity index (χ3v) is 5.11. The van der Waals surface area contributed by atoms with E-state index in [-0.39, 0.29) is 23.6 Å². The van der Waals surface area contributed by atoms with Gasteiger partial charge in [-0.15, -0.1) is 0 Å². The van der Waals surface area contributed by atoms with E-state index >= 15 is 0 Å². The molecule has 0 saturated heterocycles. The standard InChI is InChI=1S/C19H23F3N6O/c1-24-14-6-3-7-19(21,22)15(14)28(2)18-13(20)9-12(16(23)29)17(27-18)26-11-5-4-8-25-10-11/h4-5,8-10,14-15,24H,3,6-7H2,1-2H3,(H2,23,29)(H,26,27). The largest absolute Gasteiger partial charge is 0.365 e. The quantitative estimate of drug-likeness (QED) is 0.680. The number of likely N-dealkylation sites (N-methyl/N-ethyl adjacent to an activating group) is 2. The van der Waals surface area contributed by atoms with Gasteiger partial charge in [0.2, 0.25) is 0 Å². The molecule has 0 bridgehead atoms. The summed E-state index contributed by atoms with van der Waals surface area (Å²) in [6.07, 6.45) is 3.64. The van der Waals surface area contributed by atoms with Crippen LogP contribution >= 0.6 is 0 Å². The van der Waals surface area contributed by atoms with Crippen molar-refractivity contribution in [3.8, 4) is 0 Å². The molecule has 0 radical (unpaired) electrons. The van der Waals surface area contributed by atoms with E-state index in [9.17, 15) is 18.0 Å². The summed E-state index contributed by atoms with van der Waals surface area (Å²) in [6, 6.07) is 2.39. The first-order valence-corrected chi connectivity index (χ1v) is 9.20. The second kappa shape index (κ2) is 8.24. The van der Waals surface area contributed by atoms with Crippen molar-refractivity contribution >= 4 is 23.2 Å². The molecule has 4 N–H and O–H groups in total. The normalized spacial score (nSPS) is 20.9. The molecule has 0 aliphatic heterocycles. The zero-order valence-electron chi connectivity index (χ0n) is 16.1. The number of amides is 1. The predicted octanol–water partition coefficient (Wildman–Crippen LogP) is 2.67. The third-order valence-electron chi connectivity index (χ3n) is 5.11. The van der Waals surface area contributed by atoms with Crippen LogP contribution in [0.3, 0.4) is 0 Å². The number of halogens is 3. The molecule has 2 aromatic heterocycles. The van der Waals surface area contributed by atoms with Crippen LogP contribution in [-0.4, -0.2) is 48.0 Å². The number of carbonyl (C=O) groups excluding carboxylic acids is 1. The minimum absolute atomic E-state index is 0.0334. The van der Waals surface area contributed by atoms with Gasteiger partial charge in [-0.3, -0.25) is 9.78 Å². The van der Waals surface area contributed by atoms with Crippen LogP contribution in [0, 0.1) is 5.82 Å². The number of anilines is 3. The van der Waals surface area contributed by atoms with E-state index in [0.717, 1.165) is 11.0 Å². The summed E-state index contributed by atoms with van der Waals surface area (Å²) >= 11 is 0. The highest BCUT2D eigenvalue weighted by atomic mass is 19.3. The lowest BCUT2D eigenvalue weighted by atomic mass is 9.86. The van der Waals surface area contributed by atoms with Crippen molar-refractivity contribution in [2.45, 2.75) is 37.3 Å². The van der Waals surface area contributed by atoms with Crippen molar-refractivity contribution in [2.75, 3.05) is 24.3 Å². The number of nitrogens with two attached hydrogens (primary N) is 1. The van der Waals surface area contributed by atoms with Crippen LogP contribution in [0.15, 0.2) is 30.6 Å². The number of primary amides is 1. The Labute approximate surface area is 166 Å². The molecule has 156 valence electrons. The summed E-state index contributed by atoms with van der Waals surface area (Å²) < 4.78 is 44.2. The van der Waals surface area contributed by atoms with Crippen molar-refractivity contribution < 1.29 is 18.0 Å². The van der Waals surface area contributed by atoms with Crippen molar-refractivity contribution in [1.29, 1.82) is 0 Å². The summed E-state index contributed by atoms with van der Waals surface area (Å²) in [6.45, 7) is 0. The lowest BCUT2D eigenvalue weighted by molar-refractivity contribution is -0.0632. The van der Waals surface area contributed by atoms with Gasteiger partial charge in [0.25, 0.3) is 11.8 Å². The number of hydrogen-bond donors (Lipinski definition) is 3. The van der Waals surface area contributed by atoms with Crippen LogP contribution in [0.5, 0.6) is 0 Å². The van der Waals surface area contributed by atoms with Gasteiger partial charge in [-0.1, -0.05) is 0 Å². The fraction of sp³-hybridized carbons (Fsp3) is 0.421. The predicted molar refractivity (Wildman–Crippen MR) is 104 cm³/mol. The molecule has 0 spiro atoms. The molecule has 2 aromatic rings. The molecule has 2 atom stereocenters. The Kier molecular flexibility index (Phi) is 5.92. The number of rotatable bonds is 6. The van der Waals surface area contributed by atoms with Gasteiger partial charge in [-0.05, 0) is 38.1 Å². The van der Waals surface area contributed by atoms with Gasteiger partial charge >= 0.3 is 0 Å². The highest BCUT2D eigenvalue weighted by Crippen LogP contribution is 2.39. The molecular formula is C19H23F3N6O. The lowest BCUT2D eigenvalue weighted by Gasteiger charge is -2.43. The van der Waals surface area contributed by atoms with Gasteiger partial charge in [0.15, 0.2) is 11.6 Å². The van der Waals surface area contributed by atoms with E-state index in [0.29, 0.717) is 18.5 Å². The van der Waals surface area contributed by atoms with Crippen molar-refractivity contribution in [1.82, 2.24) is 15.3 Å². The number of alkyl halides is 2. The Balaban J connectivity index is 2.04. The number of aromatic nitrogens is 2. The van der Waals surface area contributed by atoms with Crippen LogP contribution in [0.2, 0.25) is 0 Å². The van der Waals surface area contributed by atoms with E-state index in [1.165, 1.54) is 13.2 Å². The van der Waals surface area contributed by atoms with Crippen molar-refractivity contribution in [3.63, 3.8) is 0 Å². The Hall–Kier alpha value is -2.88. The van der Waals surface area contributed by atoms with Gasteiger partial charge < -0.3 is 21.3 Å². The number of carbonyl (C=O) groups is 1. The molecule has 1 aliphatic carbocycles. The Morgan fingerprint density at radius 2 is 2.17 bits per heavy atom. The van der Waals surface area contributed by atoms with Crippen LogP contribution in [0.25, 0.3) is 0 Å². The number of nitrogens with one attached hydrogen (secondary N) is 2. The first-order valence-electron chi connectivity index (χ1n) is 9.20. The average Bonchev–Trinajstić information content (AvgIpc) is 2.68. The molecule has 10 heteroatoms. The summed E-state index contributed by atoms with van der Waals surface area (Å²) in [5.74, 6) is -5.17. The summed E-state index contributed by atoms with van der Waals surface area (Å²) in [5.41, 5.74) is 5.64. The Morgan fingerprint density at radius 1 is 1.41 bits per heavy atom. The van der Waals surface area contributed by atoms with Gasteiger partial charge in [-0.25, -0.2) is 18.2 Å². The molecule has 1 saturated carbocycles. The molecular weight excluding hydrogens is 385 g/mol. The summed E-state index contributed by atoms with van der Waals surface area (Å²) in [7, 11) is 2.97. The van der Waals surface area contributed by atoms with E-state index in [2.05, 4.69) is 20.6 Å². The second-order valence-electron chi connectivity index (χ2n) is 7.03. The molecule has 2 heterocycles. The Morgan fingerprint density at radius 3 is 2.79 bits per heavy atom. The highest BCUT2D eigenvalue weighted by Gasteiger charge is 2.49. The second-order valence-corrected chi connectivity index (χ2v) is 7.03. The van der Waals surface area contributed by atoms with Gasteiger partial charge in [0.05, 0.1) is 17.4 Å². The molecule has 3 rings (SSSR count). The fourth-order valence-electron chi connectivity index (χ4n) is 3.73. The van der Waals surface area contributed by atoms with Crippen molar-refractivity contribution in [2.24, 2.45) is 5.73 Å². The molecule has 1 aliphatic rings. The SMILES string of the molecule is CNC1CCCC(F)(F)C1N(C)c1nc(Nc2cccnc2)c(C(N)=O)cc1F. The molecule has 2 unspecified atom stereocenters. The van der Waals surface area contributed by atoms with Crippen LogP contribution in [-0.2, 0) is 0 Å². The van der Waals surface area contributed by atoms with E-state index in [4.69, 9.17) is 5.73 Å². The smallest absolute Gasteiger partial charge is 0.269 e. The zero-order chi connectivity index (χ0) is 21.2. The molecule has 0 aromatic carbocycles. The minimum Gasteiger partial charge on any atom is -0.365 e. The zero-order valence-corrected chi connectivity index (χ0v) is 16.1. The van der Waals surface area contributed by atoms with Gasteiger partial charge in [0, 0.05) is 25.7 Å². The molecule has 1 amide bonds. The third kappa shape index (κ3) is 4.26. The maximum atomic E-state index is 14.8. The highest BCUT2D eigenvalue weighted by molar-refractivity contribution is 5.98. The molecule has 1 fully saturated rings. The van der Waals surface area contributed by atoms with E-state index in [1.54, 1.807) is 25.4 Å². The maximum Gasteiger partial charge on any atom is 0.269 e. The van der Waals surface area contributed by atoms with E-state index < -0.39 is 29.7 Å². The van der Waals surface area contributed by atoms with Crippen molar-refractivity contribution in [3.05, 3.63) is 42.0 Å². The monoisotopic (exact) mass is 408 g/mol. The van der Waals surface area contributed by atoms with Gasteiger partial charge in [-0.2, -0.15) is 0 Å². The van der Waals surface area contributed by atoms with Gasteiger partial charge in [0.1, 0.15) is 11.9 Å². The van der Waals surface area contributed by atoms with Crippen LogP contribution in [0.4, 0.5) is 30.5 Å². The van der Waals surface area contributed by atoms with Crippen LogP contribution in [0.1, 0.15) is 29.6 Å². The first kappa shape index (κ1) is 20.8. The number of pyridine rings is 2. The number of hydrogen-bond acceptors (Lipinski definition) is 6. The number of nitrogens with zero attached hydrogens (tertiary/aromatic N) is 3. The van der Waals surface area contributed by atoms with Crippen LogP contribution < -0.4 is 21.3 Å². The lowest BCUT2D eigenvalue weighted by Crippen LogP contribution is -2.60. The molecule has 29 heavy (non-hydrogen) atoms. The molecule has 7 nitrogen and oxygen atoms in total. The average molecular weight is 408 g/mol. The van der Waals surface area contributed by atoms with E-state index in [1.807, 2.05) is 0 Å². The first-order chi connectivity index (χ1) is 13.7. The minimum atomic E-state index is -3.03. The topological polar surface area (TPSA) is 96.2 Å². The summed E-state index contributed by atoms with van der Waals surface area (Å²) in [4.78, 5) is 21.0.